The number of rotatable bonds is 11. The van der Waals surface area contributed by atoms with Crippen LogP contribution in [0.4, 0.5) is 0 Å². The average Bonchev–Trinajstić information content (AvgIpc) is 2.43. The molecular formula is C16H27O3P. The first kappa shape index (κ1) is 17.4. The van der Waals surface area contributed by atoms with Crippen molar-refractivity contribution in [2.45, 2.75) is 64.7 Å². The molecule has 114 valence electrons. The van der Waals surface area contributed by atoms with Gasteiger partial charge < -0.3 is 14.3 Å². The van der Waals surface area contributed by atoms with Gasteiger partial charge in [0.2, 0.25) is 0 Å². The second-order valence-corrected chi connectivity index (χ2v) is 5.86. The molecule has 0 radical (unpaired) electrons. The van der Waals surface area contributed by atoms with Gasteiger partial charge in [-0.25, -0.2) is 0 Å². The van der Waals surface area contributed by atoms with Crippen molar-refractivity contribution in [2.75, 3.05) is 0 Å². The summed E-state index contributed by atoms with van der Waals surface area (Å²) < 4.78 is 5.04. The molecule has 0 fully saturated rings. The van der Waals surface area contributed by atoms with Crippen molar-refractivity contribution in [1.82, 2.24) is 0 Å². The average molecular weight is 298 g/mol. The van der Waals surface area contributed by atoms with Crippen LogP contribution in [0, 0.1) is 0 Å². The minimum atomic E-state index is -2.32. The molecule has 0 heterocycles. The highest BCUT2D eigenvalue weighted by Crippen LogP contribution is 2.32. The van der Waals surface area contributed by atoms with E-state index in [9.17, 15) is 0 Å². The van der Waals surface area contributed by atoms with Crippen molar-refractivity contribution < 1.29 is 14.3 Å². The summed E-state index contributed by atoms with van der Waals surface area (Å²) in [7, 11) is -2.32. The summed E-state index contributed by atoms with van der Waals surface area (Å²) in [5, 5.41) is 0. The van der Waals surface area contributed by atoms with Crippen molar-refractivity contribution in [2.24, 2.45) is 0 Å². The van der Waals surface area contributed by atoms with E-state index in [1.54, 1.807) is 6.07 Å². The Morgan fingerprint density at radius 3 is 2.15 bits per heavy atom. The molecule has 3 nitrogen and oxygen atoms in total. The number of aryl methyl sites for hydroxylation is 1. The van der Waals surface area contributed by atoms with Gasteiger partial charge in [-0.3, -0.25) is 0 Å². The fraction of sp³-hybridized carbons (Fsp3) is 0.625. The molecule has 2 N–H and O–H groups in total. The summed E-state index contributed by atoms with van der Waals surface area (Å²) in [6.45, 7) is 2.24. The lowest BCUT2D eigenvalue weighted by Gasteiger charge is -2.10. The van der Waals surface area contributed by atoms with Crippen LogP contribution in [-0.4, -0.2) is 9.79 Å². The van der Waals surface area contributed by atoms with E-state index in [-0.39, 0.29) is 0 Å². The molecule has 0 spiro atoms. The molecule has 20 heavy (non-hydrogen) atoms. The minimum Gasteiger partial charge on any atom is -0.427 e. The molecule has 4 heteroatoms. The lowest BCUT2D eigenvalue weighted by atomic mass is 10.0. The molecule has 0 aliphatic carbocycles. The highest BCUT2D eigenvalue weighted by Gasteiger charge is 2.07. The van der Waals surface area contributed by atoms with Crippen LogP contribution >= 0.6 is 8.60 Å². The SMILES string of the molecule is CCCCCCCCCCc1ccccc1OP(O)O. The van der Waals surface area contributed by atoms with Crippen LogP contribution in [0.15, 0.2) is 24.3 Å². The lowest BCUT2D eigenvalue weighted by Crippen LogP contribution is -1.93. The van der Waals surface area contributed by atoms with E-state index in [1.807, 2.05) is 18.2 Å². The molecule has 0 bridgehead atoms. The molecule has 0 unspecified atom stereocenters. The Labute approximate surface area is 124 Å². The number of hydrogen-bond donors (Lipinski definition) is 2. The van der Waals surface area contributed by atoms with Crippen molar-refractivity contribution in [1.29, 1.82) is 0 Å². The van der Waals surface area contributed by atoms with Crippen LogP contribution in [0.25, 0.3) is 0 Å². The van der Waals surface area contributed by atoms with E-state index in [0.717, 1.165) is 18.4 Å². The summed E-state index contributed by atoms with van der Waals surface area (Å²) in [5.41, 5.74) is 1.06. The molecule has 0 aliphatic rings. The Morgan fingerprint density at radius 2 is 1.50 bits per heavy atom. The Kier molecular flexibility index (Phi) is 9.65. The third kappa shape index (κ3) is 7.84. The van der Waals surface area contributed by atoms with Crippen LogP contribution in [-0.2, 0) is 6.42 Å². The fourth-order valence-corrected chi connectivity index (χ4v) is 2.69. The third-order valence-corrected chi connectivity index (χ3v) is 3.81. The van der Waals surface area contributed by atoms with Gasteiger partial charge >= 0.3 is 8.60 Å². The van der Waals surface area contributed by atoms with Crippen molar-refractivity contribution in [3.8, 4) is 5.75 Å². The first-order valence-electron chi connectivity index (χ1n) is 7.67. The maximum atomic E-state index is 8.94. The maximum absolute atomic E-state index is 8.94. The molecule has 0 saturated heterocycles. The van der Waals surface area contributed by atoms with Gasteiger partial charge in [0, 0.05) is 0 Å². The van der Waals surface area contributed by atoms with Crippen LogP contribution < -0.4 is 4.52 Å². The maximum Gasteiger partial charge on any atom is 0.391 e. The molecule has 0 aliphatic heterocycles. The Hall–Kier alpha value is -0.630. The summed E-state index contributed by atoms with van der Waals surface area (Å²) >= 11 is 0. The zero-order valence-electron chi connectivity index (χ0n) is 12.4. The van der Waals surface area contributed by atoms with Crippen molar-refractivity contribution in [3.63, 3.8) is 0 Å². The van der Waals surface area contributed by atoms with Gasteiger partial charge in [0.15, 0.2) is 0 Å². The quantitative estimate of drug-likeness (QED) is 0.448. The number of hydrogen-bond acceptors (Lipinski definition) is 3. The molecular weight excluding hydrogens is 271 g/mol. The van der Waals surface area contributed by atoms with Gasteiger partial charge in [0.05, 0.1) is 0 Å². The van der Waals surface area contributed by atoms with Crippen molar-refractivity contribution in [3.05, 3.63) is 29.8 Å². The third-order valence-electron chi connectivity index (χ3n) is 3.45. The Balaban J connectivity index is 2.18. The van der Waals surface area contributed by atoms with E-state index in [0.29, 0.717) is 5.75 Å². The van der Waals surface area contributed by atoms with Gasteiger partial charge in [-0.1, -0.05) is 70.1 Å². The van der Waals surface area contributed by atoms with Crippen LogP contribution in [0.2, 0.25) is 0 Å². The normalized spacial score (nSPS) is 11.0. The van der Waals surface area contributed by atoms with E-state index < -0.39 is 8.60 Å². The van der Waals surface area contributed by atoms with E-state index in [4.69, 9.17) is 14.3 Å². The molecule has 0 amide bonds. The van der Waals surface area contributed by atoms with Gasteiger partial charge in [0.1, 0.15) is 5.75 Å². The molecule has 1 rings (SSSR count). The zero-order valence-corrected chi connectivity index (χ0v) is 13.3. The second kappa shape index (κ2) is 11.1. The van der Waals surface area contributed by atoms with Gasteiger partial charge in [0.25, 0.3) is 0 Å². The Bertz CT molecular complexity index is 355. The summed E-state index contributed by atoms with van der Waals surface area (Å²) in [6, 6.07) is 7.60. The predicted octanol–water partition coefficient (Wildman–Crippen LogP) is 4.96. The molecule has 1 aromatic carbocycles. The molecule has 1 aromatic rings. The second-order valence-electron chi connectivity index (χ2n) is 5.18. The van der Waals surface area contributed by atoms with Crippen LogP contribution in [0.5, 0.6) is 5.75 Å². The zero-order chi connectivity index (χ0) is 14.6. The number of benzene rings is 1. The van der Waals surface area contributed by atoms with Crippen LogP contribution in [0.3, 0.4) is 0 Å². The largest absolute Gasteiger partial charge is 0.427 e. The Morgan fingerprint density at radius 1 is 0.900 bits per heavy atom. The highest BCUT2D eigenvalue weighted by molar-refractivity contribution is 7.39. The first-order valence-corrected chi connectivity index (χ1v) is 8.84. The highest BCUT2D eigenvalue weighted by atomic mass is 31.2. The lowest BCUT2D eigenvalue weighted by molar-refractivity contribution is 0.373. The monoisotopic (exact) mass is 298 g/mol. The first-order chi connectivity index (χ1) is 9.74. The van der Waals surface area contributed by atoms with Gasteiger partial charge in [-0.05, 0) is 24.5 Å². The van der Waals surface area contributed by atoms with E-state index in [1.165, 1.54) is 44.9 Å². The minimum absolute atomic E-state index is 0.603. The van der Waals surface area contributed by atoms with E-state index >= 15 is 0 Å². The predicted molar refractivity (Wildman–Crippen MR) is 84.7 cm³/mol. The van der Waals surface area contributed by atoms with E-state index in [2.05, 4.69) is 6.92 Å². The summed E-state index contributed by atoms with van der Waals surface area (Å²) in [4.78, 5) is 17.9. The summed E-state index contributed by atoms with van der Waals surface area (Å²) in [5.74, 6) is 0.603. The molecule has 0 atom stereocenters. The van der Waals surface area contributed by atoms with Crippen LogP contribution in [0.1, 0.15) is 63.9 Å². The summed E-state index contributed by atoms with van der Waals surface area (Å²) in [6.07, 6.45) is 11.3. The van der Waals surface area contributed by atoms with Gasteiger partial charge in [-0.15, -0.1) is 0 Å². The van der Waals surface area contributed by atoms with Crippen molar-refractivity contribution >= 4 is 8.60 Å². The molecule has 0 aromatic heterocycles. The van der Waals surface area contributed by atoms with Gasteiger partial charge in [-0.2, -0.15) is 0 Å². The number of unbranched alkanes of at least 4 members (excludes halogenated alkanes) is 7. The standard InChI is InChI=1S/C16H27O3P/c1-2-3-4-5-6-7-8-9-12-15-13-10-11-14-16(15)19-20(17)18/h10-11,13-14,17-18H,2-9,12H2,1H3. The smallest absolute Gasteiger partial charge is 0.391 e. The fourth-order valence-electron chi connectivity index (χ4n) is 2.34. The molecule has 0 saturated carbocycles. The number of para-hydroxylation sites is 1. The topological polar surface area (TPSA) is 49.7 Å².